The zero-order valence-electron chi connectivity index (χ0n) is 10.2. The van der Waals surface area contributed by atoms with Gasteiger partial charge in [0, 0.05) is 11.8 Å². The molecule has 1 N–H and O–H groups in total. The molecule has 19 heavy (non-hydrogen) atoms. The summed E-state index contributed by atoms with van der Waals surface area (Å²) in [4.78, 5) is 15.1. The molecule has 6 heteroatoms. The van der Waals surface area contributed by atoms with Crippen molar-refractivity contribution >= 4 is 27.5 Å². The number of hydrogen-bond acceptors (Lipinski definition) is 4. The zero-order valence-corrected chi connectivity index (χ0v) is 11.0. The van der Waals surface area contributed by atoms with Crippen LogP contribution in [-0.2, 0) is 11.3 Å². The summed E-state index contributed by atoms with van der Waals surface area (Å²) in [5.74, 6) is -0.903. The van der Waals surface area contributed by atoms with Crippen LogP contribution in [0.2, 0.25) is 0 Å². The van der Waals surface area contributed by atoms with Crippen LogP contribution in [0.4, 0.5) is 0 Å². The van der Waals surface area contributed by atoms with Gasteiger partial charge in [0.2, 0.25) is 0 Å². The first-order valence-corrected chi connectivity index (χ1v) is 6.55. The molecule has 2 heterocycles. The van der Waals surface area contributed by atoms with Crippen molar-refractivity contribution in [2.45, 2.75) is 13.5 Å². The van der Waals surface area contributed by atoms with Gasteiger partial charge in [-0.3, -0.25) is 9.48 Å². The largest absolute Gasteiger partial charge is 0.480 e. The number of thiazole rings is 1. The van der Waals surface area contributed by atoms with Crippen LogP contribution in [0.1, 0.15) is 5.01 Å². The van der Waals surface area contributed by atoms with E-state index in [1.807, 2.05) is 25.1 Å². The summed E-state index contributed by atoms with van der Waals surface area (Å²) >= 11 is 1.66. The van der Waals surface area contributed by atoms with Crippen molar-refractivity contribution in [3.05, 3.63) is 35.6 Å². The minimum absolute atomic E-state index is 0.127. The molecular formula is C13H11N3O2S. The van der Waals surface area contributed by atoms with E-state index in [-0.39, 0.29) is 6.54 Å². The lowest BCUT2D eigenvalue weighted by atomic mass is 10.1. The van der Waals surface area contributed by atoms with Gasteiger partial charge in [-0.05, 0) is 24.6 Å². The average Bonchev–Trinajstić information content (AvgIpc) is 2.92. The van der Waals surface area contributed by atoms with E-state index in [2.05, 4.69) is 10.1 Å². The van der Waals surface area contributed by atoms with Crippen molar-refractivity contribution in [2.24, 2.45) is 0 Å². The Morgan fingerprint density at radius 3 is 3.05 bits per heavy atom. The van der Waals surface area contributed by atoms with Gasteiger partial charge < -0.3 is 5.11 Å². The lowest BCUT2D eigenvalue weighted by molar-refractivity contribution is -0.137. The molecule has 0 aliphatic heterocycles. The fourth-order valence-electron chi connectivity index (χ4n) is 1.96. The molecule has 5 nitrogen and oxygen atoms in total. The second-order valence-corrected chi connectivity index (χ2v) is 5.47. The summed E-state index contributed by atoms with van der Waals surface area (Å²) in [7, 11) is 0. The number of rotatable bonds is 3. The van der Waals surface area contributed by atoms with Gasteiger partial charge >= 0.3 is 5.97 Å². The highest BCUT2D eigenvalue weighted by Gasteiger charge is 2.07. The number of fused-ring (bicyclic) bond motifs is 1. The van der Waals surface area contributed by atoms with E-state index in [4.69, 9.17) is 5.11 Å². The Bertz CT molecular complexity index is 760. The van der Waals surface area contributed by atoms with Crippen LogP contribution >= 0.6 is 11.3 Å². The Morgan fingerprint density at radius 1 is 1.42 bits per heavy atom. The third-order valence-electron chi connectivity index (χ3n) is 2.76. The van der Waals surface area contributed by atoms with Crippen molar-refractivity contribution < 1.29 is 9.90 Å². The van der Waals surface area contributed by atoms with E-state index in [9.17, 15) is 4.79 Å². The molecule has 0 aliphatic carbocycles. The first-order valence-electron chi connectivity index (χ1n) is 5.73. The first kappa shape index (κ1) is 11.9. The summed E-state index contributed by atoms with van der Waals surface area (Å²) in [6.07, 6.45) is 3.40. The molecule has 3 aromatic rings. The minimum atomic E-state index is -0.903. The van der Waals surface area contributed by atoms with E-state index < -0.39 is 5.97 Å². The molecule has 1 aromatic carbocycles. The molecule has 0 spiro atoms. The van der Waals surface area contributed by atoms with Crippen molar-refractivity contribution in [1.82, 2.24) is 14.8 Å². The maximum Gasteiger partial charge on any atom is 0.325 e. The van der Waals surface area contributed by atoms with Crippen molar-refractivity contribution in [1.29, 1.82) is 0 Å². The van der Waals surface area contributed by atoms with Gasteiger partial charge in [-0.25, -0.2) is 4.98 Å². The van der Waals surface area contributed by atoms with Gasteiger partial charge in [0.25, 0.3) is 0 Å². The highest BCUT2D eigenvalue weighted by molar-refractivity contribution is 7.18. The number of carbonyl (C=O) groups is 1. The molecule has 2 aromatic heterocycles. The second-order valence-electron chi connectivity index (χ2n) is 4.24. The topological polar surface area (TPSA) is 68.0 Å². The molecule has 0 fully saturated rings. The molecule has 0 unspecified atom stereocenters. The third kappa shape index (κ3) is 2.34. The first-order chi connectivity index (χ1) is 9.11. The van der Waals surface area contributed by atoms with Crippen LogP contribution in [-0.4, -0.2) is 25.8 Å². The third-order valence-corrected chi connectivity index (χ3v) is 3.71. The number of aromatic nitrogens is 3. The summed E-state index contributed by atoms with van der Waals surface area (Å²) in [6.45, 7) is 1.85. The SMILES string of the molecule is Cc1nc2cc(-c3cnn(CC(=O)O)c3)ccc2s1. The number of aliphatic carboxylic acids is 1. The Labute approximate surface area is 113 Å². The van der Waals surface area contributed by atoms with E-state index in [0.29, 0.717) is 0 Å². The van der Waals surface area contributed by atoms with Crippen LogP contribution in [0.3, 0.4) is 0 Å². The van der Waals surface area contributed by atoms with Crippen molar-refractivity contribution in [2.75, 3.05) is 0 Å². The van der Waals surface area contributed by atoms with Crippen LogP contribution in [0.15, 0.2) is 30.6 Å². The second kappa shape index (κ2) is 4.47. The van der Waals surface area contributed by atoms with Gasteiger partial charge in [0.1, 0.15) is 6.54 Å². The smallest absolute Gasteiger partial charge is 0.325 e. The zero-order chi connectivity index (χ0) is 13.4. The highest BCUT2D eigenvalue weighted by Crippen LogP contribution is 2.27. The van der Waals surface area contributed by atoms with Crippen LogP contribution in [0.5, 0.6) is 0 Å². The van der Waals surface area contributed by atoms with Gasteiger partial charge in [-0.15, -0.1) is 11.3 Å². The van der Waals surface area contributed by atoms with E-state index >= 15 is 0 Å². The number of carboxylic acid groups (broad SMARTS) is 1. The summed E-state index contributed by atoms with van der Waals surface area (Å²) in [5.41, 5.74) is 2.86. The molecule has 0 saturated carbocycles. The van der Waals surface area contributed by atoms with Gasteiger partial charge in [0.05, 0.1) is 21.4 Å². The Balaban J connectivity index is 1.98. The average molecular weight is 273 g/mol. The van der Waals surface area contributed by atoms with Crippen LogP contribution in [0.25, 0.3) is 21.3 Å². The van der Waals surface area contributed by atoms with Gasteiger partial charge in [0.15, 0.2) is 0 Å². The number of benzene rings is 1. The predicted octanol–water partition coefficient (Wildman–Crippen LogP) is 2.55. The van der Waals surface area contributed by atoms with Crippen molar-refractivity contribution in [3.63, 3.8) is 0 Å². The van der Waals surface area contributed by atoms with Crippen LogP contribution in [0, 0.1) is 6.92 Å². The quantitative estimate of drug-likeness (QED) is 0.796. The highest BCUT2D eigenvalue weighted by atomic mass is 32.1. The summed E-state index contributed by atoms with van der Waals surface area (Å²) in [5, 5.41) is 13.8. The predicted molar refractivity (Wildman–Crippen MR) is 73.2 cm³/mol. The maximum atomic E-state index is 10.6. The number of carboxylic acids is 1. The summed E-state index contributed by atoms with van der Waals surface area (Å²) in [6, 6.07) is 6.03. The molecule has 0 atom stereocenters. The monoisotopic (exact) mass is 273 g/mol. The molecule has 0 saturated heterocycles. The van der Waals surface area contributed by atoms with Crippen LogP contribution < -0.4 is 0 Å². The minimum Gasteiger partial charge on any atom is -0.480 e. The normalized spacial score (nSPS) is 11.0. The molecule has 0 aliphatic rings. The fraction of sp³-hybridized carbons (Fsp3) is 0.154. The van der Waals surface area contributed by atoms with E-state index in [1.54, 1.807) is 23.7 Å². The van der Waals surface area contributed by atoms with E-state index in [1.165, 1.54) is 4.68 Å². The Morgan fingerprint density at radius 2 is 2.26 bits per heavy atom. The van der Waals surface area contributed by atoms with Crippen molar-refractivity contribution in [3.8, 4) is 11.1 Å². The number of hydrogen-bond donors (Lipinski definition) is 1. The lowest BCUT2D eigenvalue weighted by Crippen LogP contribution is -2.08. The number of nitrogens with zero attached hydrogens (tertiary/aromatic N) is 3. The molecule has 96 valence electrons. The fourth-order valence-corrected chi connectivity index (χ4v) is 2.77. The Hall–Kier alpha value is -2.21. The lowest BCUT2D eigenvalue weighted by Gasteiger charge is -1.97. The van der Waals surface area contributed by atoms with E-state index in [0.717, 1.165) is 26.4 Å². The molecule has 0 bridgehead atoms. The number of aryl methyl sites for hydroxylation is 1. The van der Waals surface area contributed by atoms with Gasteiger partial charge in [-0.2, -0.15) is 5.10 Å². The molecule has 0 radical (unpaired) electrons. The maximum absolute atomic E-state index is 10.6. The molecule has 3 rings (SSSR count). The standard InChI is InChI=1S/C13H11N3O2S/c1-8-15-11-4-9(2-3-12(11)19-8)10-5-14-16(6-10)7-13(17)18/h2-6H,7H2,1H3,(H,17,18). The van der Waals surface area contributed by atoms with Gasteiger partial charge in [-0.1, -0.05) is 6.07 Å². The summed E-state index contributed by atoms with van der Waals surface area (Å²) < 4.78 is 2.56. The Kier molecular flexibility index (Phi) is 2.79. The molecular weight excluding hydrogens is 262 g/mol. The molecule has 0 amide bonds.